The van der Waals surface area contributed by atoms with Crippen molar-refractivity contribution in [2.24, 2.45) is 0 Å². The van der Waals surface area contributed by atoms with Crippen LogP contribution in [0.3, 0.4) is 0 Å². The molecule has 0 aromatic heterocycles. The van der Waals surface area contributed by atoms with E-state index < -0.39 is 54.5 Å². The molecule has 0 aromatic rings. The van der Waals surface area contributed by atoms with Gasteiger partial charge in [-0.2, -0.15) is 0 Å². The van der Waals surface area contributed by atoms with Crippen molar-refractivity contribution in [3.05, 3.63) is 0 Å². The van der Waals surface area contributed by atoms with E-state index in [2.05, 4.69) is 0 Å². The van der Waals surface area contributed by atoms with Gasteiger partial charge < -0.3 is 62.6 Å². The van der Waals surface area contributed by atoms with Crippen LogP contribution in [0.2, 0.25) is 0 Å². The molecule has 0 aliphatic rings. The molecule has 0 amide bonds. The third-order valence-electron chi connectivity index (χ3n) is 1.86. The van der Waals surface area contributed by atoms with Crippen LogP contribution in [-0.2, 0) is 19.2 Å². The predicted molar refractivity (Wildman–Crippen MR) is 44.8 cm³/mol. The topological polar surface area (TPSA) is 196 Å². The van der Waals surface area contributed by atoms with Crippen LogP contribution in [-0.4, -0.2) is 54.5 Å². The zero-order valence-electron chi connectivity index (χ0n) is 13.6. The Morgan fingerprint density at radius 2 is 0.696 bits per heavy atom. The van der Waals surface area contributed by atoms with Gasteiger partial charge in [-0.1, -0.05) is 0 Å². The van der Waals surface area contributed by atoms with Crippen LogP contribution in [0.5, 0.6) is 0 Å². The Morgan fingerprint density at radius 3 is 0.783 bits per heavy atom. The number of carbonyl (C=O) groups is 4. The van der Waals surface area contributed by atoms with E-state index in [1.54, 1.807) is 0 Å². The summed E-state index contributed by atoms with van der Waals surface area (Å²) in [6, 6.07) is 0. The summed E-state index contributed by atoms with van der Waals surface area (Å²) in [4.78, 5) is 41.6. The third-order valence-corrected chi connectivity index (χ3v) is 1.86. The van der Waals surface area contributed by atoms with Crippen LogP contribution < -0.4 is 157 Å². The summed E-state index contributed by atoms with van der Waals surface area (Å²) in [7, 11) is 0. The molecule has 0 unspecified atom stereocenters. The molecule has 0 radical (unpaired) electrons. The summed E-state index contributed by atoms with van der Waals surface area (Å²) >= 11 is 0. The fraction of sp³-hybridized carbons (Fsp3) is 0.500. The van der Waals surface area contributed by atoms with Crippen LogP contribution in [0.4, 0.5) is 0 Å². The predicted octanol–water partition coefficient (Wildman–Crippen LogP) is -22.0. The Balaban J connectivity index is -0.0000000853. The van der Waals surface area contributed by atoms with E-state index in [4.69, 9.17) is 0 Å². The first kappa shape index (κ1) is 44.5. The number of halogens is 1. The first-order valence-electron chi connectivity index (χ1n) is 4.31. The number of quaternary nitrogens is 1. The second-order valence-corrected chi connectivity index (χ2v) is 3.46. The van der Waals surface area contributed by atoms with Crippen molar-refractivity contribution >= 4 is 23.9 Å². The molecule has 0 atom stereocenters. The SMILES string of the molecule is N.O=C([O-])C[N+](CC(=O)[O-])(CC(=O)[O-])CC(=O)[O-].[Cl-].[Na+].[Na+].[Na+].[Na+]. The fourth-order valence-electron chi connectivity index (χ4n) is 1.43. The Kier molecular flexibility index (Phi) is 42.8. The molecule has 0 spiro atoms. The molecule has 10 nitrogen and oxygen atoms in total. The van der Waals surface area contributed by atoms with Gasteiger partial charge in [0, 0.05) is 0 Å². The molecule has 23 heavy (non-hydrogen) atoms. The van der Waals surface area contributed by atoms with E-state index in [9.17, 15) is 39.6 Å². The molecule has 0 fully saturated rings. The molecule has 0 aromatic carbocycles. The minimum atomic E-state index is -1.80. The van der Waals surface area contributed by atoms with Gasteiger partial charge >= 0.3 is 118 Å². The summed E-state index contributed by atoms with van der Waals surface area (Å²) < 4.78 is -1.32. The van der Waals surface area contributed by atoms with Crippen molar-refractivity contribution in [1.29, 1.82) is 0 Å². The van der Waals surface area contributed by atoms with Crippen molar-refractivity contribution in [1.82, 2.24) is 6.15 Å². The van der Waals surface area contributed by atoms with Gasteiger partial charge in [-0.15, -0.1) is 0 Å². The van der Waals surface area contributed by atoms with E-state index in [-0.39, 0.29) is 137 Å². The molecule has 0 heterocycles. The molecule has 0 saturated carbocycles. The molecule has 0 rings (SSSR count). The van der Waals surface area contributed by atoms with Crippen LogP contribution in [0.1, 0.15) is 0 Å². The Bertz CT molecular complexity index is 304. The van der Waals surface area contributed by atoms with Gasteiger partial charge in [0.1, 0.15) is 26.2 Å². The average Bonchev–Trinajstić information content (AvgIpc) is 1.95. The molecule has 15 heteroatoms. The van der Waals surface area contributed by atoms with Crippen molar-refractivity contribution in [3.8, 4) is 0 Å². The minimum Gasteiger partial charge on any atom is -1.00 e. The summed E-state index contributed by atoms with van der Waals surface area (Å²) in [5, 5.41) is 41.6. The van der Waals surface area contributed by atoms with Gasteiger partial charge in [0.2, 0.25) is 0 Å². The van der Waals surface area contributed by atoms with Crippen LogP contribution >= 0.6 is 0 Å². The average molecular weight is 391 g/mol. The molecule has 0 bridgehead atoms. The van der Waals surface area contributed by atoms with Crippen molar-refractivity contribution in [3.63, 3.8) is 0 Å². The van der Waals surface area contributed by atoms with Gasteiger partial charge in [-0.05, 0) is 0 Å². The summed E-state index contributed by atoms with van der Waals surface area (Å²) in [6.07, 6.45) is 0. The van der Waals surface area contributed by atoms with Gasteiger partial charge in [0.25, 0.3) is 0 Å². The van der Waals surface area contributed by atoms with Crippen molar-refractivity contribution in [2.45, 2.75) is 0 Å². The Morgan fingerprint density at radius 1 is 0.565 bits per heavy atom. The Labute approximate surface area is 227 Å². The number of hydrogen-bond acceptors (Lipinski definition) is 9. The third kappa shape index (κ3) is 24.1. The number of carbonyl (C=O) groups excluding carboxylic acids is 4. The second-order valence-electron chi connectivity index (χ2n) is 3.46. The van der Waals surface area contributed by atoms with E-state index in [0.717, 1.165) is 0 Å². The molecule has 0 aliphatic carbocycles. The van der Waals surface area contributed by atoms with Gasteiger partial charge in [0.05, 0.1) is 23.9 Å². The van der Waals surface area contributed by atoms with Crippen LogP contribution in [0, 0.1) is 0 Å². The summed E-state index contributed by atoms with van der Waals surface area (Å²) in [6.45, 7) is -4.46. The maximum atomic E-state index is 10.4. The van der Waals surface area contributed by atoms with Crippen LogP contribution in [0.15, 0.2) is 0 Å². The smallest absolute Gasteiger partial charge is 1.00 e. The number of nitrogens with zero attached hydrogens (tertiary/aromatic N) is 1. The number of aliphatic carboxylic acids is 4. The molecule has 0 aliphatic heterocycles. The molecular weight excluding hydrogens is 380 g/mol. The Hall–Kier alpha value is 2.09. The quantitative estimate of drug-likeness (QED) is 0.309. The van der Waals surface area contributed by atoms with E-state index in [0.29, 0.717) is 0 Å². The normalized spacial score (nSPS) is 8.00. The van der Waals surface area contributed by atoms with E-state index >= 15 is 0 Å². The number of carboxylic acid groups (broad SMARTS) is 4. The van der Waals surface area contributed by atoms with Crippen molar-refractivity contribution in [2.75, 3.05) is 26.2 Å². The maximum absolute atomic E-state index is 10.4. The zero-order chi connectivity index (χ0) is 13.6. The first-order chi connectivity index (χ1) is 7.67. The largest absolute Gasteiger partial charge is 1.00 e. The van der Waals surface area contributed by atoms with Gasteiger partial charge in [-0.3, -0.25) is 0 Å². The summed E-state index contributed by atoms with van der Waals surface area (Å²) in [5.74, 6) is -7.19. The number of rotatable bonds is 8. The monoisotopic (exact) mass is 390 g/mol. The number of carboxylic acids is 4. The van der Waals surface area contributed by atoms with Crippen molar-refractivity contribution < 1.29 is 175 Å². The summed E-state index contributed by atoms with van der Waals surface area (Å²) in [5.41, 5.74) is 0. The minimum absolute atomic E-state index is 0. The second kappa shape index (κ2) is 22.1. The van der Waals surface area contributed by atoms with Gasteiger partial charge in [0.15, 0.2) is 0 Å². The number of hydrogen-bond donors (Lipinski definition) is 1. The molecule has 112 valence electrons. The zero-order valence-corrected chi connectivity index (χ0v) is 22.4. The van der Waals surface area contributed by atoms with Crippen LogP contribution in [0.25, 0.3) is 0 Å². The van der Waals surface area contributed by atoms with E-state index in [1.807, 2.05) is 0 Å². The van der Waals surface area contributed by atoms with E-state index in [1.165, 1.54) is 0 Å². The van der Waals surface area contributed by atoms with Gasteiger partial charge in [-0.25, -0.2) is 0 Å². The molecular formula is C8H11ClN2Na4O8. The molecule has 0 saturated heterocycles. The molecule has 3 N–H and O–H groups in total. The fourth-order valence-corrected chi connectivity index (χ4v) is 1.43. The maximum Gasteiger partial charge on any atom is 1.00 e. The standard InChI is InChI=1S/C8H11NO8.ClH.H3N.4Na/c10-5(11)1-9(2-6(12)13,3-7(14)15)4-8(16)17;;;;;;/h1-4H2,(H3-,10,11,12,13,14,15,16,17);1H;1H3;;;;/q;;;4*+1/p-4. The first-order valence-corrected chi connectivity index (χ1v) is 4.31.